The Hall–Kier alpha value is -2.08. The second-order valence-electron chi connectivity index (χ2n) is 6.18. The standard InChI is InChI=1S/C17H21ClN4O2/c1-11-5-6-14(24-11)12(2)19-17(23)13-4-3-9-22(10-13)16-8-7-15(18)20-21-16/h5-8,12-13H,3-4,9-10H2,1-2H3,(H,19,23)/t12-,13+/m0/s1. The Balaban J connectivity index is 1.61. The lowest BCUT2D eigenvalue weighted by molar-refractivity contribution is -0.126. The van der Waals surface area contributed by atoms with Crippen LogP contribution in [0.2, 0.25) is 5.15 Å². The lowest BCUT2D eigenvalue weighted by Crippen LogP contribution is -2.44. The number of anilines is 1. The van der Waals surface area contributed by atoms with Crippen LogP contribution >= 0.6 is 11.6 Å². The number of aryl methyl sites for hydroxylation is 1. The van der Waals surface area contributed by atoms with Crippen molar-refractivity contribution in [3.63, 3.8) is 0 Å². The average molecular weight is 349 g/mol. The highest BCUT2D eigenvalue weighted by Crippen LogP contribution is 2.23. The van der Waals surface area contributed by atoms with Crippen molar-refractivity contribution in [1.82, 2.24) is 15.5 Å². The first kappa shape index (κ1) is 16.8. The Labute approximate surface area is 146 Å². The van der Waals surface area contributed by atoms with Gasteiger partial charge < -0.3 is 14.6 Å². The van der Waals surface area contributed by atoms with E-state index in [1.165, 1.54) is 0 Å². The van der Waals surface area contributed by atoms with E-state index in [-0.39, 0.29) is 17.9 Å². The SMILES string of the molecule is Cc1ccc([C@H](C)NC(=O)[C@@H]2CCCN(c3ccc(Cl)nn3)C2)o1. The fourth-order valence-electron chi connectivity index (χ4n) is 2.97. The van der Waals surface area contributed by atoms with E-state index in [0.717, 1.165) is 36.7 Å². The van der Waals surface area contributed by atoms with Crippen molar-refractivity contribution >= 4 is 23.3 Å². The molecular formula is C17H21ClN4O2. The zero-order chi connectivity index (χ0) is 17.1. The normalized spacial score (nSPS) is 19.1. The van der Waals surface area contributed by atoms with Crippen molar-refractivity contribution in [1.29, 1.82) is 0 Å². The van der Waals surface area contributed by atoms with Crippen LogP contribution in [0.4, 0.5) is 5.82 Å². The van der Waals surface area contributed by atoms with E-state index >= 15 is 0 Å². The highest BCUT2D eigenvalue weighted by Gasteiger charge is 2.28. The van der Waals surface area contributed by atoms with E-state index in [2.05, 4.69) is 20.4 Å². The summed E-state index contributed by atoms with van der Waals surface area (Å²) in [4.78, 5) is 14.7. The largest absolute Gasteiger partial charge is 0.464 e. The van der Waals surface area contributed by atoms with E-state index in [4.69, 9.17) is 16.0 Å². The molecule has 3 rings (SSSR count). The molecule has 7 heteroatoms. The highest BCUT2D eigenvalue weighted by atomic mass is 35.5. The Morgan fingerprint density at radius 1 is 1.38 bits per heavy atom. The fourth-order valence-corrected chi connectivity index (χ4v) is 3.07. The monoisotopic (exact) mass is 348 g/mol. The van der Waals surface area contributed by atoms with Gasteiger partial charge in [-0.2, -0.15) is 0 Å². The van der Waals surface area contributed by atoms with Gasteiger partial charge in [-0.05, 0) is 51.0 Å². The first-order chi connectivity index (χ1) is 11.5. The second-order valence-corrected chi connectivity index (χ2v) is 6.57. The fraction of sp³-hybridized carbons (Fsp3) is 0.471. The van der Waals surface area contributed by atoms with Crippen LogP contribution in [0.3, 0.4) is 0 Å². The first-order valence-corrected chi connectivity index (χ1v) is 8.51. The molecule has 0 spiro atoms. The molecule has 1 aliphatic rings. The van der Waals surface area contributed by atoms with Crippen LogP contribution in [0.25, 0.3) is 0 Å². The summed E-state index contributed by atoms with van der Waals surface area (Å²) in [5, 5.41) is 11.4. The molecule has 2 atom stereocenters. The van der Waals surface area contributed by atoms with Crippen molar-refractivity contribution in [2.24, 2.45) is 5.92 Å². The first-order valence-electron chi connectivity index (χ1n) is 8.14. The number of hydrogen-bond donors (Lipinski definition) is 1. The van der Waals surface area contributed by atoms with Crippen LogP contribution in [0.1, 0.15) is 37.3 Å². The zero-order valence-electron chi connectivity index (χ0n) is 13.8. The van der Waals surface area contributed by atoms with Gasteiger partial charge in [-0.3, -0.25) is 4.79 Å². The predicted molar refractivity (Wildman–Crippen MR) is 92.0 cm³/mol. The molecule has 0 radical (unpaired) electrons. The number of piperidine rings is 1. The van der Waals surface area contributed by atoms with Crippen molar-refractivity contribution in [2.75, 3.05) is 18.0 Å². The number of aromatic nitrogens is 2. The van der Waals surface area contributed by atoms with Crippen LogP contribution in [0.15, 0.2) is 28.7 Å². The molecule has 1 aliphatic heterocycles. The molecule has 1 N–H and O–H groups in total. The minimum atomic E-state index is -0.142. The number of hydrogen-bond acceptors (Lipinski definition) is 5. The number of furan rings is 1. The van der Waals surface area contributed by atoms with Gasteiger partial charge in [-0.25, -0.2) is 0 Å². The van der Waals surface area contributed by atoms with Crippen LogP contribution in [-0.4, -0.2) is 29.2 Å². The van der Waals surface area contributed by atoms with Gasteiger partial charge in [0.25, 0.3) is 0 Å². The average Bonchev–Trinajstić information content (AvgIpc) is 3.02. The summed E-state index contributed by atoms with van der Waals surface area (Å²) in [7, 11) is 0. The molecule has 24 heavy (non-hydrogen) atoms. The second kappa shape index (κ2) is 7.21. The summed E-state index contributed by atoms with van der Waals surface area (Å²) >= 11 is 5.78. The van der Waals surface area contributed by atoms with E-state index in [9.17, 15) is 4.79 Å². The molecular weight excluding hydrogens is 328 g/mol. The van der Waals surface area contributed by atoms with E-state index in [0.29, 0.717) is 11.7 Å². The Morgan fingerprint density at radius 2 is 2.21 bits per heavy atom. The number of carbonyl (C=O) groups excluding carboxylic acids is 1. The van der Waals surface area contributed by atoms with E-state index in [1.807, 2.05) is 32.0 Å². The number of nitrogens with zero attached hydrogens (tertiary/aromatic N) is 3. The molecule has 1 saturated heterocycles. The number of amides is 1. The van der Waals surface area contributed by atoms with Crippen LogP contribution < -0.4 is 10.2 Å². The van der Waals surface area contributed by atoms with Crippen molar-refractivity contribution < 1.29 is 9.21 Å². The third-order valence-corrected chi connectivity index (χ3v) is 4.48. The summed E-state index contributed by atoms with van der Waals surface area (Å²) in [5.41, 5.74) is 0. The van der Waals surface area contributed by atoms with Crippen LogP contribution in [-0.2, 0) is 4.79 Å². The minimum Gasteiger partial charge on any atom is -0.464 e. The molecule has 1 fully saturated rings. The number of nitrogens with one attached hydrogen (secondary N) is 1. The molecule has 128 valence electrons. The zero-order valence-corrected chi connectivity index (χ0v) is 14.6. The van der Waals surface area contributed by atoms with Crippen LogP contribution in [0.5, 0.6) is 0 Å². The van der Waals surface area contributed by atoms with Gasteiger partial charge in [0.05, 0.1) is 12.0 Å². The Kier molecular flexibility index (Phi) is 5.04. The summed E-state index contributed by atoms with van der Waals surface area (Å²) < 4.78 is 5.58. The molecule has 0 saturated carbocycles. The van der Waals surface area contributed by atoms with Crippen molar-refractivity contribution in [3.8, 4) is 0 Å². The smallest absolute Gasteiger partial charge is 0.225 e. The lowest BCUT2D eigenvalue weighted by Gasteiger charge is -2.33. The maximum atomic E-state index is 12.6. The quantitative estimate of drug-likeness (QED) is 0.919. The van der Waals surface area contributed by atoms with Gasteiger partial charge in [-0.1, -0.05) is 11.6 Å². The van der Waals surface area contributed by atoms with Crippen LogP contribution in [0, 0.1) is 12.8 Å². The van der Waals surface area contributed by atoms with Gasteiger partial charge in [0.2, 0.25) is 5.91 Å². The molecule has 0 aliphatic carbocycles. The number of rotatable bonds is 4. The van der Waals surface area contributed by atoms with E-state index in [1.54, 1.807) is 6.07 Å². The maximum absolute atomic E-state index is 12.6. The predicted octanol–water partition coefficient (Wildman–Crippen LogP) is 3.13. The molecule has 6 nitrogen and oxygen atoms in total. The molecule has 2 aromatic rings. The van der Waals surface area contributed by atoms with E-state index < -0.39 is 0 Å². The summed E-state index contributed by atoms with van der Waals surface area (Å²) in [6, 6.07) is 7.21. The molecule has 1 amide bonds. The van der Waals surface area contributed by atoms with Gasteiger partial charge in [0.1, 0.15) is 11.5 Å². The van der Waals surface area contributed by atoms with Gasteiger partial charge in [-0.15, -0.1) is 10.2 Å². The highest BCUT2D eigenvalue weighted by molar-refractivity contribution is 6.29. The van der Waals surface area contributed by atoms with Gasteiger partial charge >= 0.3 is 0 Å². The summed E-state index contributed by atoms with van der Waals surface area (Å²) in [6.07, 6.45) is 1.81. The van der Waals surface area contributed by atoms with Crippen molar-refractivity contribution in [2.45, 2.75) is 32.7 Å². The molecule has 0 bridgehead atoms. The van der Waals surface area contributed by atoms with Gasteiger partial charge in [0, 0.05) is 13.1 Å². The Bertz CT molecular complexity index is 701. The third-order valence-electron chi connectivity index (χ3n) is 4.28. The molecule has 3 heterocycles. The summed E-state index contributed by atoms with van der Waals surface area (Å²) in [5.74, 6) is 2.35. The summed E-state index contributed by atoms with van der Waals surface area (Å²) in [6.45, 7) is 5.32. The molecule has 0 aromatic carbocycles. The minimum absolute atomic E-state index is 0.0446. The molecule has 2 aromatic heterocycles. The number of carbonyl (C=O) groups is 1. The molecule has 0 unspecified atom stereocenters. The Morgan fingerprint density at radius 3 is 2.88 bits per heavy atom. The lowest BCUT2D eigenvalue weighted by atomic mass is 9.96. The number of halogens is 1. The van der Waals surface area contributed by atoms with Gasteiger partial charge in [0.15, 0.2) is 11.0 Å². The van der Waals surface area contributed by atoms with Crippen molar-refractivity contribution in [3.05, 3.63) is 40.9 Å². The maximum Gasteiger partial charge on any atom is 0.225 e. The third kappa shape index (κ3) is 3.87. The topological polar surface area (TPSA) is 71.3 Å².